The molecule has 2 rings (SSSR count). The van der Waals surface area contributed by atoms with Crippen LogP contribution in [0, 0.1) is 12.7 Å². The van der Waals surface area contributed by atoms with E-state index in [1.54, 1.807) is 19.1 Å². The van der Waals surface area contributed by atoms with Gasteiger partial charge in [-0.15, -0.1) is 0 Å². The van der Waals surface area contributed by atoms with E-state index in [4.69, 9.17) is 5.11 Å². The molecule has 6 nitrogen and oxygen atoms in total. The van der Waals surface area contributed by atoms with E-state index in [1.807, 2.05) is 0 Å². The molecule has 2 aromatic rings. The van der Waals surface area contributed by atoms with Crippen LogP contribution in [0.1, 0.15) is 23.0 Å². The lowest BCUT2D eigenvalue weighted by molar-refractivity contribution is -0.141. The van der Waals surface area contributed by atoms with Crippen molar-refractivity contribution in [3.8, 4) is 5.69 Å². The highest BCUT2D eigenvalue weighted by molar-refractivity contribution is 5.97. The van der Waals surface area contributed by atoms with E-state index in [2.05, 4.69) is 5.10 Å². The Morgan fingerprint density at radius 1 is 1.32 bits per heavy atom. The van der Waals surface area contributed by atoms with E-state index in [9.17, 15) is 14.0 Å². The van der Waals surface area contributed by atoms with Crippen molar-refractivity contribution in [2.24, 2.45) is 0 Å². The number of rotatable bonds is 4. The summed E-state index contributed by atoms with van der Waals surface area (Å²) < 4.78 is 14.5. The fraction of sp³-hybridized carbons (Fsp3) is 0.267. The van der Waals surface area contributed by atoms with Gasteiger partial charge >= 0.3 is 5.97 Å². The van der Waals surface area contributed by atoms with E-state index < -0.39 is 17.9 Å². The number of hydrogen-bond donors (Lipinski definition) is 1. The first-order chi connectivity index (χ1) is 10.3. The van der Waals surface area contributed by atoms with Crippen molar-refractivity contribution in [3.05, 3.63) is 47.5 Å². The summed E-state index contributed by atoms with van der Waals surface area (Å²) in [5.74, 6) is -1.87. The molecule has 0 saturated heterocycles. The molecule has 1 aromatic carbocycles. The van der Waals surface area contributed by atoms with Crippen molar-refractivity contribution in [2.45, 2.75) is 19.9 Å². The first-order valence-electron chi connectivity index (χ1n) is 6.63. The predicted octanol–water partition coefficient (Wildman–Crippen LogP) is 1.86. The number of likely N-dealkylation sites (N-methyl/N-ethyl adjacent to an activating group) is 1. The zero-order chi connectivity index (χ0) is 16.4. The summed E-state index contributed by atoms with van der Waals surface area (Å²) in [5.41, 5.74) is 1.48. The van der Waals surface area contributed by atoms with Crippen molar-refractivity contribution >= 4 is 11.9 Å². The van der Waals surface area contributed by atoms with Gasteiger partial charge in [-0.25, -0.2) is 13.9 Å². The quantitative estimate of drug-likeness (QED) is 0.935. The van der Waals surface area contributed by atoms with Crippen LogP contribution in [0.2, 0.25) is 0 Å². The van der Waals surface area contributed by atoms with Gasteiger partial charge in [0.05, 0.1) is 23.1 Å². The van der Waals surface area contributed by atoms with Crippen LogP contribution in [0.15, 0.2) is 30.5 Å². The van der Waals surface area contributed by atoms with Crippen molar-refractivity contribution in [2.75, 3.05) is 7.05 Å². The molecule has 0 fully saturated rings. The average Bonchev–Trinajstić information content (AvgIpc) is 2.87. The lowest BCUT2D eigenvalue weighted by Crippen LogP contribution is -2.40. The van der Waals surface area contributed by atoms with Crippen LogP contribution in [0.4, 0.5) is 4.39 Å². The average molecular weight is 305 g/mol. The highest BCUT2D eigenvalue weighted by atomic mass is 19.1. The molecule has 1 aromatic heterocycles. The van der Waals surface area contributed by atoms with Crippen molar-refractivity contribution < 1.29 is 19.1 Å². The number of aliphatic carboxylic acids is 1. The molecule has 0 spiro atoms. The van der Waals surface area contributed by atoms with E-state index in [-0.39, 0.29) is 5.82 Å². The predicted molar refractivity (Wildman–Crippen MR) is 77.5 cm³/mol. The molecule has 0 aliphatic rings. The van der Waals surface area contributed by atoms with Gasteiger partial charge in [-0.2, -0.15) is 5.10 Å². The Labute approximate surface area is 126 Å². The maximum absolute atomic E-state index is 13.0. The van der Waals surface area contributed by atoms with Gasteiger partial charge < -0.3 is 10.0 Å². The van der Waals surface area contributed by atoms with Crippen LogP contribution in [0.3, 0.4) is 0 Å². The SMILES string of the molecule is Cc1c(C(=O)N(C)C(C)C(=O)O)cnn1-c1ccc(F)cc1. The molecule has 1 atom stereocenters. The van der Waals surface area contributed by atoms with Gasteiger partial charge in [0.2, 0.25) is 0 Å². The molecule has 1 heterocycles. The second kappa shape index (κ2) is 5.97. The molecule has 22 heavy (non-hydrogen) atoms. The molecular formula is C15H16FN3O3. The molecule has 0 aliphatic carbocycles. The first kappa shape index (κ1) is 15.7. The van der Waals surface area contributed by atoms with Gasteiger partial charge in [0, 0.05) is 7.05 Å². The van der Waals surface area contributed by atoms with Gasteiger partial charge in [-0.3, -0.25) is 4.79 Å². The number of aromatic nitrogens is 2. The molecule has 0 saturated carbocycles. The largest absolute Gasteiger partial charge is 0.480 e. The maximum atomic E-state index is 13.0. The number of nitrogens with zero attached hydrogens (tertiary/aromatic N) is 3. The number of halogens is 1. The Morgan fingerprint density at radius 3 is 2.45 bits per heavy atom. The Balaban J connectivity index is 2.33. The number of amides is 1. The molecule has 1 amide bonds. The lowest BCUT2D eigenvalue weighted by atomic mass is 10.2. The third-order valence-electron chi connectivity index (χ3n) is 3.57. The van der Waals surface area contributed by atoms with Gasteiger partial charge in [-0.1, -0.05) is 0 Å². The standard InChI is InChI=1S/C15H16FN3O3/c1-9-13(14(20)18(3)10(2)15(21)22)8-17-19(9)12-6-4-11(16)5-7-12/h4-8,10H,1-3H3,(H,21,22). The Bertz CT molecular complexity index is 709. The second-order valence-electron chi connectivity index (χ2n) is 4.96. The van der Waals surface area contributed by atoms with Crippen LogP contribution in [-0.2, 0) is 4.79 Å². The molecule has 0 aliphatic heterocycles. The molecule has 1 N–H and O–H groups in total. The molecule has 0 bridgehead atoms. The Hall–Kier alpha value is -2.70. The fourth-order valence-corrected chi connectivity index (χ4v) is 1.99. The summed E-state index contributed by atoms with van der Waals surface area (Å²) in [5, 5.41) is 13.1. The Kier molecular flexibility index (Phi) is 4.25. The summed E-state index contributed by atoms with van der Waals surface area (Å²) in [7, 11) is 1.43. The van der Waals surface area contributed by atoms with Crippen molar-refractivity contribution in [3.63, 3.8) is 0 Å². The molecule has 7 heteroatoms. The molecule has 116 valence electrons. The van der Waals surface area contributed by atoms with E-state index in [0.717, 1.165) is 4.90 Å². The Morgan fingerprint density at radius 2 is 1.91 bits per heavy atom. The van der Waals surface area contributed by atoms with Gasteiger partial charge in [0.15, 0.2) is 0 Å². The number of carbonyl (C=O) groups is 2. The smallest absolute Gasteiger partial charge is 0.326 e. The zero-order valence-electron chi connectivity index (χ0n) is 12.4. The highest BCUT2D eigenvalue weighted by Gasteiger charge is 2.25. The van der Waals surface area contributed by atoms with Crippen LogP contribution in [0.5, 0.6) is 0 Å². The number of hydrogen-bond acceptors (Lipinski definition) is 3. The summed E-state index contributed by atoms with van der Waals surface area (Å²) in [4.78, 5) is 24.5. The number of benzene rings is 1. The van der Waals surface area contributed by atoms with Crippen LogP contribution in [0.25, 0.3) is 5.69 Å². The first-order valence-corrected chi connectivity index (χ1v) is 6.63. The van der Waals surface area contributed by atoms with E-state index in [0.29, 0.717) is 16.9 Å². The lowest BCUT2D eigenvalue weighted by Gasteiger charge is -2.21. The summed E-state index contributed by atoms with van der Waals surface area (Å²) in [6.45, 7) is 3.13. The van der Waals surface area contributed by atoms with Crippen LogP contribution in [-0.4, -0.2) is 44.8 Å². The summed E-state index contributed by atoms with van der Waals surface area (Å²) in [6.07, 6.45) is 1.38. The minimum Gasteiger partial charge on any atom is -0.480 e. The third kappa shape index (κ3) is 2.83. The summed E-state index contributed by atoms with van der Waals surface area (Å²) in [6, 6.07) is 4.76. The number of carboxylic acids is 1. The topological polar surface area (TPSA) is 75.4 Å². The maximum Gasteiger partial charge on any atom is 0.326 e. The molecule has 1 unspecified atom stereocenters. The minimum absolute atomic E-state index is 0.305. The normalized spacial score (nSPS) is 12.0. The summed E-state index contributed by atoms with van der Waals surface area (Å²) >= 11 is 0. The second-order valence-corrected chi connectivity index (χ2v) is 4.96. The van der Waals surface area contributed by atoms with Gasteiger partial charge in [-0.05, 0) is 38.1 Å². The molecule has 0 radical (unpaired) electrons. The van der Waals surface area contributed by atoms with E-state index >= 15 is 0 Å². The fourth-order valence-electron chi connectivity index (χ4n) is 1.99. The van der Waals surface area contributed by atoms with Crippen LogP contribution >= 0.6 is 0 Å². The monoisotopic (exact) mass is 305 g/mol. The minimum atomic E-state index is -1.08. The zero-order valence-corrected chi connectivity index (χ0v) is 12.4. The van der Waals surface area contributed by atoms with Crippen LogP contribution < -0.4 is 0 Å². The van der Waals surface area contributed by atoms with Crippen molar-refractivity contribution in [1.29, 1.82) is 0 Å². The third-order valence-corrected chi connectivity index (χ3v) is 3.57. The number of carbonyl (C=O) groups excluding carboxylic acids is 1. The molecular weight excluding hydrogens is 289 g/mol. The number of carboxylic acid groups (broad SMARTS) is 1. The van der Waals surface area contributed by atoms with Gasteiger partial charge in [0.1, 0.15) is 11.9 Å². The van der Waals surface area contributed by atoms with Crippen molar-refractivity contribution in [1.82, 2.24) is 14.7 Å². The highest BCUT2D eigenvalue weighted by Crippen LogP contribution is 2.16. The van der Waals surface area contributed by atoms with E-state index in [1.165, 1.54) is 37.0 Å². The van der Waals surface area contributed by atoms with Gasteiger partial charge in [0.25, 0.3) is 5.91 Å².